The predicted molar refractivity (Wildman–Crippen MR) is 97.6 cm³/mol. The Morgan fingerprint density at radius 3 is 2.46 bits per heavy atom. The number of ether oxygens (including phenoxy) is 2. The topological polar surface area (TPSA) is 77.8 Å². The van der Waals surface area contributed by atoms with Crippen LogP contribution in [0.4, 0.5) is 0 Å². The second-order valence-electron chi connectivity index (χ2n) is 6.58. The van der Waals surface area contributed by atoms with Crippen molar-refractivity contribution in [2.75, 3.05) is 14.2 Å². The van der Waals surface area contributed by atoms with Crippen LogP contribution in [0.2, 0.25) is 0 Å². The fourth-order valence-corrected chi connectivity index (χ4v) is 3.36. The van der Waals surface area contributed by atoms with E-state index in [0.717, 1.165) is 24.1 Å². The minimum Gasteiger partial charge on any atom is -0.493 e. The first-order valence-corrected chi connectivity index (χ1v) is 8.64. The van der Waals surface area contributed by atoms with Crippen molar-refractivity contribution in [3.05, 3.63) is 57.0 Å². The van der Waals surface area contributed by atoms with Crippen LogP contribution in [0.5, 0.6) is 11.5 Å². The average Bonchev–Trinajstić information content (AvgIpc) is 3.44. The van der Waals surface area contributed by atoms with Crippen LogP contribution in [0.1, 0.15) is 46.1 Å². The molecule has 2 aromatic rings. The van der Waals surface area contributed by atoms with E-state index in [1.54, 1.807) is 14.2 Å². The van der Waals surface area contributed by atoms with Crippen molar-refractivity contribution >= 4 is 5.97 Å². The van der Waals surface area contributed by atoms with E-state index in [-0.39, 0.29) is 11.5 Å². The molecule has 3 rings (SSSR count). The SMILES string of the molecule is COc1ccc(CCn2c(C)cc(=O)c(C(=O)O)c2C2CC2)cc1OC. The number of carbonyl (C=O) groups is 1. The lowest BCUT2D eigenvalue weighted by Gasteiger charge is -2.19. The zero-order chi connectivity index (χ0) is 18.8. The molecular formula is C20H23NO5. The van der Waals surface area contributed by atoms with Crippen LogP contribution in [0.15, 0.2) is 29.1 Å². The monoisotopic (exact) mass is 357 g/mol. The highest BCUT2D eigenvalue weighted by Crippen LogP contribution is 2.41. The summed E-state index contributed by atoms with van der Waals surface area (Å²) in [5.74, 6) is 0.355. The predicted octanol–water partition coefficient (Wildman–Crippen LogP) is 2.99. The van der Waals surface area contributed by atoms with Gasteiger partial charge in [0.1, 0.15) is 5.56 Å². The smallest absolute Gasteiger partial charge is 0.341 e. The Bertz CT molecular complexity index is 896. The highest BCUT2D eigenvalue weighted by molar-refractivity contribution is 5.89. The summed E-state index contributed by atoms with van der Waals surface area (Å²) in [7, 11) is 3.19. The van der Waals surface area contributed by atoms with Gasteiger partial charge in [-0.2, -0.15) is 0 Å². The van der Waals surface area contributed by atoms with Crippen molar-refractivity contribution in [1.82, 2.24) is 4.57 Å². The first-order valence-electron chi connectivity index (χ1n) is 8.64. The number of rotatable bonds is 7. The highest BCUT2D eigenvalue weighted by atomic mass is 16.5. The van der Waals surface area contributed by atoms with Gasteiger partial charge in [0, 0.05) is 29.9 Å². The number of aromatic nitrogens is 1. The molecule has 0 atom stereocenters. The van der Waals surface area contributed by atoms with Gasteiger partial charge in [-0.15, -0.1) is 0 Å². The molecule has 6 heteroatoms. The Labute approximate surface area is 152 Å². The number of hydrogen-bond donors (Lipinski definition) is 1. The Morgan fingerprint density at radius 1 is 1.19 bits per heavy atom. The van der Waals surface area contributed by atoms with Gasteiger partial charge in [-0.25, -0.2) is 4.79 Å². The largest absolute Gasteiger partial charge is 0.493 e. The van der Waals surface area contributed by atoms with Crippen LogP contribution in [-0.2, 0) is 13.0 Å². The summed E-state index contributed by atoms with van der Waals surface area (Å²) in [4.78, 5) is 23.8. The lowest BCUT2D eigenvalue weighted by molar-refractivity contribution is 0.0693. The lowest BCUT2D eigenvalue weighted by Crippen LogP contribution is -2.25. The molecule has 1 heterocycles. The van der Waals surface area contributed by atoms with Crippen LogP contribution in [0.25, 0.3) is 0 Å². The van der Waals surface area contributed by atoms with Crippen LogP contribution in [0.3, 0.4) is 0 Å². The fraction of sp³-hybridized carbons (Fsp3) is 0.400. The summed E-state index contributed by atoms with van der Waals surface area (Å²) in [6.07, 6.45) is 2.56. The molecule has 1 aromatic carbocycles. The van der Waals surface area contributed by atoms with E-state index >= 15 is 0 Å². The molecule has 6 nitrogen and oxygen atoms in total. The van der Waals surface area contributed by atoms with Gasteiger partial charge in [0.05, 0.1) is 14.2 Å². The zero-order valence-electron chi connectivity index (χ0n) is 15.2. The Kier molecular flexibility index (Phi) is 5.02. The van der Waals surface area contributed by atoms with Crippen molar-refractivity contribution in [2.45, 2.75) is 38.6 Å². The maximum Gasteiger partial charge on any atom is 0.341 e. The van der Waals surface area contributed by atoms with E-state index in [2.05, 4.69) is 0 Å². The van der Waals surface area contributed by atoms with Gasteiger partial charge in [-0.3, -0.25) is 4.79 Å². The fourth-order valence-electron chi connectivity index (χ4n) is 3.36. The minimum atomic E-state index is -1.14. The van der Waals surface area contributed by atoms with Crippen LogP contribution < -0.4 is 14.9 Å². The number of hydrogen-bond acceptors (Lipinski definition) is 4. The summed E-state index contributed by atoms with van der Waals surface area (Å²) in [5.41, 5.74) is 2.04. The average molecular weight is 357 g/mol. The molecule has 1 aliphatic carbocycles. The molecule has 138 valence electrons. The molecule has 1 fully saturated rings. The lowest BCUT2D eigenvalue weighted by atomic mass is 10.1. The van der Waals surface area contributed by atoms with Crippen molar-refractivity contribution in [1.29, 1.82) is 0 Å². The van der Waals surface area contributed by atoms with Gasteiger partial charge >= 0.3 is 5.97 Å². The highest BCUT2D eigenvalue weighted by Gasteiger charge is 2.33. The van der Waals surface area contributed by atoms with Crippen molar-refractivity contribution in [3.8, 4) is 11.5 Å². The first-order chi connectivity index (χ1) is 12.5. The number of aromatic carboxylic acids is 1. The number of carboxylic acid groups (broad SMARTS) is 1. The van der Waals surface area contributed by atoms with E-state index in [0.29, 0.717) is 30.2 Å². The quantitative estimate of drug-likeness (QED) is 0.824. The number of aryl methyl sites for hydroxylation is 2. The molecule has 0 amide bonds. The number of carboxylic acids is 1. The summed E-state index contributed by atoms with van der Waals surface area (Å²) < 4.78 is 12.6. The first kappa shape index (κ1) is 18.0. The van der Waals surface area contributed by atoms with Crippen LogP contribution in [-0.4, -0.2) is 29.9 Å². The molecule has 0 saturated heterocycles. The van der Waals surface area contributed by atoms with E-state index in [9.17, 15) is 14.7 Å². The van der Waals surface area contributed by atoms with Gasteiger partial charge in [-0.1, -0.05) is 6.07 Å². The summed E-state index contributed by atoms with van der Waals surface area (Å²) in [6.45, 7) is 2.46. The normalized spacial score (nSPS) is 13.5. The van der Waals surface area contributed by atoms with Crippen LogP contribution in [0, 0.1) is 6.92 Å². The van der Waals surface area contributed by atoms with Gasteiger partial charge in [-0.05, 0) is 43.9 Å². The second kappa shape index (κ2) is 7.23. The molecule has 26 heavy (non-hydrogen) atoms. The molecule has 1 N–H and O–H groups in total. The third kappa shape index (κ3) is 3.45. The number of pyridine rings is 1. The summed E-state index contributed by atoms with van der Waals surface area (Å²) in [5, 5.41) is 9.51. The van der Waals surface area contributed by atoms with Gasteiger partial charge in [0.25, 0.3) is 0 Å². The maximum absolute atomic E-state index is 12.2. The number of methoxy groups -OCH3 is 2. The number of nitrogens with zero attached hydrogens (tertiary/aromatic N) is 1. The summed E-state index contributed by atoms with van der Waals surface area (Å²) >= 11 is 0. The standard InChI is InChI=1S/C20H23NO5/c1-12-10-15(22)18(20(23)24)19(14-5-6-14)21(12)9-8-13-4-7-16(25-2)17(11-13)26-3/h4,7,10-11,14H,5-6,8-9H2,1-3H3,(H,23,24). The van der Waals surface area contributed by atoms with Crippen molar-refractivity contribution in [2.24, 2.45) is 0 Å². The van der Waals surface area contributed by atoms with E-state index in [4.69, 9.17) is 9.47 Å². The molecule has 0 unspecified atom stereocenters. The second-order valence-corrected chi connectivity index (χ2v) is 6.58. The molecule has 0 radical (unpaired) electrons. The molecule has 0 bridgehead atoms. The third-order valence-corrected chi connectivity index (χ3v) is 4.81. The molecular weight excluding hydrogens is 334 g/mol. The maximum atomic E-state index is 12.2. The molecule has 1 saturated carbocycles. The van der Waals surface area contributed by atoms with E-state index < -0.39 is 11.4 Å². The van der Waals surface area contributed by atoms with E-state index in [1.807, 2.05) is 29.7 Å². The van der Waals surface area contributed by atoms with Gasteiger partial charge in [0.15, 0.2) is 16.9 Å². The Morgan fingerprint density at radius 2 is 1.88 bits per heavy atom. The van der Waals surface area contributed by atoms with Gasteiger partial charge < -0.3 is 19.1 Å². The Hall–Kier alpha value is -2.76. The Balaban J connectivity index is 1.94. The molecule has 0 spiro atoms. The summed E-state index contributed by atoms with van der Waals surface area (Å²) in [6, 6.07) is 7.17. The molecule has 1 aliphatic rings. The van der Waals surface area contributed by atoms with Crippen molar-refractivity contribution in [3.63, 3.8) is 0 Å². The molecule has 1 aromatic heterocycles. The third-order valence-electron chi connectivity index (χ3n) is 4.81. The van der Waals surface area contributed by atoms with Crippen molar-refractivity contribution < 1.29 is 19.4 Å². The van der Waals surface area contributed by atoms with E-state index in [1.165, 1.54) is 6.07 Å². The zero-order valence-corrected chi connectivity index (χ0v) is 15.2. The minimum absolute atomic E-state index is 0.0783. The van der Waals surface area contributed by atoms with Crippen LogP contribution >= 0.6 is 0 Å². The number of benzene rings is 1. The van der Waals surface area contributed by atoms with Gasteiger partial charge in [0.2, 0.25) is 0 Å². The molecule has 0 aliphatic heterocycles.